The number of hydrogen-bond acceptors (Lipinski definition) is 2. The second-order valence-corrected chi connectivity index (χ2v) is 6.61. The molecule has 0 aliphatic rings. The van der Waals surface area contributed by atoms with E-state index in [1.165, 1.54) is 0 Å². The van der Waals surface area contributed by atoms with Gasteiger partial charge >= 0.3 is 5.97 Å². The zero-order valence-corrected chi connectivity index (χ0v) is 15.3. The van der Waals surface area contributed by atoms with E-state index in [-0.39, 0.29) is 5.56 Å². The molecule has 0 saturated carbocycles. The summed E-state index contributed by atoms with van der Waals surface area (Å²) in [5.41, 5.74) is 3.62. The van der Waals surface area contributed by atoms with Crippen LogP contribution in [0.25, 0.3) is 16.9 Å². The van der Waals surface area contributed by atoms with Gasteiger partial charge in [-0.15, -0.1) is 0 Å². The van der Waals surface area contributed by atoms with Crippen LogP contribution in [0.3, 0.4) is 0 Å². The van der Waals surface area contributed by atoms with E-state index in [1.807, 2.05) is 38.1 Å². The van der Waals surface area contributed by atoms with Gasteiger partial charge in [-0.2, -0.15) is 5.10 Å². The predicted molar refractivity (Wildman–Crippen MR) is 100 cm³/mol. The second-order valence-electron chi connectivity index (χ2n) is 5.74. The quantitative estimate of drug-likeness (QED) is 0.663. The van der Waals surface area contributed by atoms with Crippen molar-refractivity contribution >= 4 is 29.2 Å². The van der Waals surface area contributed by atoms with Crippen LogP contribution in [0.15, 0.2) is 42.5 Å². The summed E-state index contributed by atoms with van der Waals surface area (Å²) in [7, 11) is 0. The summed E-state index contributed by atoms with van der Waals surface area (Å²) >= 11 is 12.2. The average molecular weight is 375 g/mol. The van der Waals surface area contributed by atoms with E-state index in [9.17, 15) is 9.90 Å². The summed E-state index contributed by atoms with van der Waals surface area (Å²) < 4.78 is 1.68. The summed E-state index contributed by atoms with van der Waals surface area (Å²) in [5, 5.41) is 15.2. The number of benzene rings is 2. The fourth-order valence-corrected chi connectivity index (χ4v) is 3.40. The van der Waals surface area contributed by atoms with Gasteiger partial charge in [0, 0.05) is 15.6 Å². The van der Waals surface area contributed by atoms with Crippen LogP contribution in [0.5, 0.6) is 0 Å². The van der Waals surface area contributed by atoms with Crippen molar-refractivity contribution in [1.29, 1.82) is 0 Å². The molecule has 6 heteroatoms. The topological polar surface area (TPSA) is 55.1 Å². The van der Waals surface area contributed by atoms with Crippen LogP contribution in [0, 0.1) is 6.92 Å². The van der Waals surface area contributed by atoms with Crippen molar-refractivity contribution in [2.45, 2.75) is 20.3 Å². The van der Waals surface area contributed by atoms with Crippen LogP contribution in [0.2, 0.25) is 10.0 Å². The Kier molecular flexibility index (Phi) is 4.84. The van der Waals surface area contributed by atoms with Crippen molar-refractivity contribution in [3.63, 3.8) is 0 Å². The molecule has 0 unspecified atom stereocenters. The van der Waals surface area contributed by atoms with Gasteiger partial charge in [-0.25, -0.2) is 9.48 Å². The first-order chi connectivity index (χ1) is 11.9. The lowest BCUT2D eigenvalue weighted by Crippen LogP contribution is -2.05. The molecule has 3 rings (SSSR count). The lowest BCUT2D eigenvalue weighted by molar-refractivity contribution is 0.0696. The number of carboxylic acids is 1. The van der Waals surface area contributed by atoms with Gasteiger partial charge in [-0.05, 0) is 49.2 Å². The molecule has 0 fully saturated rings. The number of halogens is 2. The summed E-state index contributed by atoms with van der Waals surface area (Å²) in [6, 6.07) is 12.7. The van der Waals surface area contributed by atoms with Crippen molar-refractivity contribution < 1.29 is 9.90 Å². The first-order valence-electron chi connectivity index (χ1n) is 7.79. The van der Waals surface area contributed by atoms with E-state index in [0.29, 0.717) is 33.4 Å². The van der Waals surface area contributed by atoms with Crippen molar-refractivity contribution in [2.24, 2.45) is 0 Å². The number of aromatic carboxylic acids is 1. The van der Waals surface area contributed by atoms with Crippen LogP contribution in [-0.4, -0.2) is 20.9 Å². The minimum atomic E-state index is -1.03. The molecule has 2 aromatic carbocycles. The Morgan fingerprint density at radius 3 is 2.40 bits per heavy atom. The molecule has 3 aromatic rings. The predicted octanol–water partition coefficient (Wildman–Crippen LogP) is 5.42. The molecule has 128 valence electrons. The third-order valence-corrected chi connectivity index (χ3v) is 4.35. The second kappa shape index (κ2) is 6.90. The molecule has 0 aliphatic carbocycles. The summed E-state index contributed by atoms with van der Waals surface area (Å²) in [6.45, 7) is 3.89. The van der Waals surface area contributed by atoms with Gasteiger partial charge in [0.1, 0.15) is 11.3 Å². The molecule has 0 radical (unpaired) electrons. The smallest absolute Gasteiger partial charge is 0.339 e. The number of aromatic nitrogens is 2. The summed E-state index contributed by atoms with van der Waals surface area (Å²) in [5.74, 6) is -1.03. The van der Waals surface area contributed by atoms with Crippen molar-refractivity contribution in [2.75, 3.05) is 0 Å². The van der Waals surface area contributed by atoms with Gasteiger partial charge in [0.15, 0.2) is 0 Å². The number of carboxylic acid groups (broad SMARTS) is 1. The van der Waals surface area contributed by atoms with Crippen molar-refractivity contribution in [3.05, 3.63) is 69.3 Å². The lowest BCUT2D eigenvalue weighted by atomic mass is 10.0. The third kappa shape index (κ3) is 3.41. The standard InChI is InChI=1S/C19H16Cl2N2O2/c1-3-16-17(19(24)25)18(12-8-13(20)10-14(21)9-12)22-23(16)15-6-4-5-11(2)7-15/h4-10H,3H2,1-2H3,(H,24,25). The molecule has 1 aromatic heterocycles. The first kappa shape index (κ1) is 17.5. The highest BCUT2D eigenvalue weighted by molar-refractivity contribution is 6.35. The van der Waals surface area contributed by atoms with Gasteiger partial charge in [0.05, 0.1) is 11.4 Å². The van der Waals surface area contributed by atoms with Gasteiger partial charge in [0.25, 0.3) is 0 Å². The molecule has 0 atom stereocenters. The minimum Gasteiger partial charge on any atom is -0.478 e. The third-order valence-electron chi connectivity index (χ3n) is 3.91. The van der Waals surface area contributed by atoms with Crippen LogP contribution in [-0.2, 0) is 6.42 Å². The lowest BCUT2D eigenvalue weighted by Gasteiger charge is -2.07. The number of carbonyl (C=O) groups is 1. The van der Waals surface area contributed by atoms with Crippen LogP contribution in [0.1, 0.15) is 28.5 Å². The molecule has 0 spiro atoms. The highest BCUT2D eigenvalue weighted by Gasteiger charge is 2.24. The molecule has 0 amide bonds. The Hall–Kier alpha value is -2.30. The van der Waals surface area contributed by atoms with Crippen LogP contribution >= 0.6 is 23.2 Å². The molecule has 1 heterocycles. The fourth-order valence-electron chi connectivity index (χ4n) is 2.87. The SMILES string of the molecule is CCc1c(C(=O)O)c(-c2cc(Cl)cc(Cl)c2)nn1-c1cccc(C)c1. The van der Waals surface area contributed by atoms with E-state index in [0.717, 1.165) is 11.3 Å². The fraction of sp³-hybridized carbons (Fsp3) is 0.158. The maximum Gasteiger partial charge on any atom is 0.339 e. The first-order valence-corrected chi connectivity index (χ1v) is 8.55. The highest BCUT2D eigenvalue weighted by atomic mass is 35.5. The molecule has 0 saturated heterocycles. The Labute approximate surface area is 155 Å². The molecule has 4 nitrogen and oxygen atoms in total. The molecular formula is C19H16Cl2N2O2. The zero-order chi connectivity index (χ0) is 18.1. The molecule has 0 bridgehead atoms. The highest BCUT2D eigenvalue weighted by Crippen LogP contribution is 2.32. The van der Waals surface area contributed by atoms with Crippen LogP contribution in [0.4, 0.5) is 0 Å². The molecule has 25 heavy (non-hydrogen) atoms. The average Bonchev–Trinajstić information content (AvgIpc) is 2.93. The monoisotopic (exact) mass is 374 g/mol. The number of rotatable bonds is 4. The number of hydrogen-bond donors (Lipinski definition) is 1. The minimum absolute atomic E-state index is 0.169. The number of nitrogens with zero attached hydrogens (tertiary/aromatic N) is 2. The van der Waals surface area contributed by atoms with Gasteiger partial charge in [0.2, 0.25) is 0 Å². The van der Waals surface area contributed by atoms with E-state index in [4.69, 9.17) is 23.2 Å². The van der Waals surface area contributed by atoms with Gasteiger partial charge in [-0.1, -0.05) is 42.3 Å². The Balaban J connectivity index is 2.31. The summed E-state index contributed by atoms with van der Waals surface area (Å²) in [6.07, 6.45) is 0.525. The van der Waals surface area contributed by atoms with E-state index in [1.54, 1.807) is 22.9 Å². The maximum atomic E-state index is 11.9. The maximum absolute atomic E-state index is 11.9. The molecule has 0 aliphatic heterocycles. The van der Waals surface area contributed by atoms with Gasteiger partial charge < -0.3 is 5.11 Å². The van der Waals surface area contributed by atoms with Crippen molar-refractivity contribution in [3.8, 4) is 16.9 Å². The Bertz CT molecular complexity index is 944. The normalized spacial score (nSPS) is 10.9. The van der Waals surface area contributed by atoms with E-state index in [2.05, 4.69) is 5.10 Å². The van der Waals surface area contributed by atoms with E-state index >= 15 is 0 Å². The molecular weight excluding hydrogens is 359 g/mol. The van der Waals surface area contributed by atoms with Crippen LogP contribution < -0.4 is 0 Å². The summed E-state index contributed by atoms with van der Waals surface area (Å²) in [4.78, 5) is 11.9. The Morgan fingerprint density at radius 1 is 1.16 bits per heavy atom. The Morgan fingerprint density at radius 2 is 1.84 bits per heavy atom. The largest absolute Gasteiger partial charge is 0.478 e. The van der Waals surface area contributed by atoms with Crippen molar-refractivity contribution in [1.82, 2.24) is 9.78 Å². The molecule has 1 N–H and O–H groups in total. The van der Waals surface area contributed by atoms with E-state index < -0.39 is 5.97 Å². The van der Waals surface area contributed by atoms with Gasteiger partial charge in [-0.3, -0.25) is 0 Å². The zero-order valence-electron chi connectivity index (χ0n) is 13.8. The number of aryl methyl sites for hydroxylation is 1.